The summed E-state index contributed by atoms with van der Waals surface area (Å²) in [7, 11) is 0. The third kappa shape index (κ3) is 2.39. The van der Waals surface area contributed by atoms with E-state index in [9.17, 15) is 18.4 Å². The maximum Gasteiger partial charge on any atom is 0.267 e. The minimum atomic E-state index is -1.03. The predicted molar refractivity (Wildman–Crippen MR) is 65.7 cm³/mol. The fourth-order valence-corrected chi connectivity index (χ4v) is 1.68. The maximum atomic E-state index is 13.6. The Hall–Kier alpha value is -2.67. The van der Waals surface area contributed by atoms with Gasteiger partial charge < -0.3 is 0 Å². The number of carbonyl (C=O) groups excluding carboxylic acids is 2. The van der Waals surface area contributed by atoms with Gasteiger partial charge in [0.2, 0.25) is 5.78 Å². The van der Waals surface area contributed by atoms with Crippen LogP contribution in [-0.2, 0) is 0 Å². The lowest BCUT2D eigenvalue weighted by Crippen LogP contribution is -2.31. The van der Waals surface area contributed by atoms with Crippen LogP contribution in [0.4, 0.5) is 8.78 Å². The molecular weight excluding hydrogens is 268 g/mol. The molecule has 2 aromatic rings. The summed E-state index contributed by atoms with van der Waals surface area (Å²) in [5.74, 6) is 1.12. The van der Waals surface area contributed by atoms with Gasteiger partial charge in [-0.05, 0) is 24.3 Å². The molecule has 1 aromatic heterocycles. The van der Waals surface area contributed by atoms with Crippen LogP contribution in [0.3, 0.4) is 0 Å². The number of nitrogens with one attached hydrogen (secondary N) is 1. The molecule has 20 heavy (non-hydrogen) atoms. The highest BCUT2D eigenvalue weighted by Crippen LogP contribution is 2.18. The number of halogens is 2. The molecule has 0 saturated carbocycles. The Balaban J connectivity index is 2.58. The van der Waals surface area contributed by atoms with Gasteiger partial charge in [0, 0.05) is 6.20 Å². The number of rotatable bonds is 3. The van der Waals surface area contributed by atoms with Crippen molar-refractivity contribution in [3.05, 3.63) is 65.0 Å². The van der Waals surface area contributed by atoms with Crippen LogP contribution in [0.15, 0.2) is 36.5 Å². The minimum absolute atomic E-state index is 0.164. The second-order valence-electron chi connectivity index (χ2n) is 3.80. The van der Waals surface area contributed by atoms with Gasteiger partial charge in [0.1, 0.15) is 17.3 Å². The number of benzene rings is 1. The Morgan fingerprint density at radius 3 is 2.35 bits per heavy atom. The molecule has 0 aliphatic heterocycles. The molecule has 0 bridgehead atoms. The average molecular weight is 277 g/mol. The average Bonchev–Trinajstić information content (AvgIpc) is 2.46. The van der Waals surface area contributed by atoms with Crippen LogP contribution < -0.4 is 11.3 Å². The molecule has 102 valence electrons. The highest BCUT2D eigenvalue weighted by atomic mass is 19.1. The van der Waals surface area contributed by atoms with Crippen molar-refractivity contribution >= 4 is 11.7 Å². The molecule has 0 fully saturated rings. The lowest BCUT2D eigenvalue weighted by atomic mass is 10.0. The van der Waals surface area contributed by atoms with Gasteiger partial charge >= 0.3 is 0 Å². The molecule has 0 radical (unpaired) electrons. The van der Waals surface area contributed by atoms with Crippen LogP contribution in [0.5, 0.6) is 0 Å². The highest BCUT2D eigenvalue weighted by Gasteiger charge is 2.24. The Morgan fingerprint density at radius 1 is 1.10 bits per heavy atom. The van der Waals surface area contributed by atoms with E-state index in [1.54, 1.807) is 0 Å². The number of ketones is 1. The summed E-state index contributed by atoms with van der Waals surface area (Å²) >= 11 is 0. The molecular formula is C13H9F2N3O2. The second-order valence-corrected chi connectivity index (χ2v) is 3.80. The van der Waals surface area contributed by atoms with Crippen molar-refractivity contribution in [2.45, 2.75) is 0 Å². The van der Waals surface area contributed by atoms with E-state index in [0.29, 0.717) is 0 Å². The molecule has 1 amide bonds. The van der Waals surface area contributed by atoms with E-state index in [-0.39, 0.29) is 11.3 Å². The fourth-order valence-electron chi connectivity index (χ4n) is 1.68. The number of nitrogens with zero attached hydrogens (tertiary/aromatic N) is 1. The third-order valence-electron chi connectivity index (χ3n) is 2.59. The SMILES string of the molecule is NNC(=O)c1cccnc1C(=O)c1c(F)cccc1F. The van der Waals surface area contributed by atoms with Crippen LogP contribution in [0.25, 0.3) is 0 Å². The monoisotopic (exact) mass is 277 g/mol. The van der Waals surface area contributed by atoms with Crippen molar-refractivity contribution in [3.63, 3.8) is 0 Å². The summed E-state index contributed by atoms with van der Waals surface area (Å²) in [5, 5.41) is 0. The lowest BCUT2D eigenvalue weighted by molar-refractivity contribution is 0.0939. The number of hydrogen-bond acceptors (Lipinski definition) is 4. The smallest absolute Gasteiger partial charge is 0.267 e. The van der Waals surface area contributed by atoms with Gasteiger partial charge in [-0.2, -0.15) is 0 Å². The molecule has 3 N–H and O–H groups in total. The number of aromatic nitrogens is 1. The minimum Gasteiger partial charge on any atom is -0.290 e. The number of carbonyl (C=O) groups is 2. The van der Waals surface area contributed by atoms with Gasteiger partial charge in [0.25, 0.3) is 5.91 Å². The number of hydrogen-bond donors (Lipinski definition) is 2. The number of hydrazine groups is 1. The van der Waals surface area contributed by atoms with E-state index in [2.05, 4.69) is 4.98 Å². The zero-order chi connectivity index (χ0) is 14.7. The van der Waals surface area contributed by atoms with Crippen LogP contribution in [0.2, 0.25) is 0 Å². The van der Waals surface area contributed by atoms with Crippen LogP contribution in [0, 0.1) is 11.6 Å². The second kappa shape index (κ2) is 5.54. The molecule has 1 aromatic carbocycles. The molecule has 7 heteroatoms. The summed E-state index contributed by atoms with van der Waals surface area (Å²) in [6.45, 7) is 0. The first-order valence-corrected chi connectivity index (χ1v) is 5.51. The summed E-state index contributed by atoms with van der Waals surface area (Å²) in [4.78, 5) is 27.4. The van der Waals surface area contributed by atoms with Crippen molar-refractivity contribution in [2.24, 2.45) is 5.84 Å². The van der Waals surface area contributed by atoms with E-state index in [1.807, 2.05) is 5.43 Å². The Bertz CT molecular complexity index is 669. The summed E-state index contributed by atoms with van der Waals surface area (Å²) < 4.78 is 27.2. The van der Waals surface area contributed by atoms with Gasteiger partial charge in [0.05, 0.1) is 11.1 Å². The van der Waals surface area contributed by atoms with Gasteiger partial charge in [-0.15, -0.1) is 0 Å². The molecule has 1 heterocycles. The summed E-state index contributed by atoms with van der Waals surface area (Å²) in [6.07, 6.45) is 1.24. The van der Waals surface area contributed by atoms with Gasteiger partial charge in [-0.3, -0.25) is 20.0 Å². The number of nitrogens with two attached hydrogens (primary N) is 1. The first kappa shape index (κ1) is 13.8. The first-order chi connectivity index (χ1) is 9.56. The third-order valence-corrected chi connectivity index (χ3v) is 2.59. The Labute approximate surface area is 112 Å². The van der Waals surface area contributed by atoms with Crippen LogP contribution >= 0.6 is 0 Å². The number of pyridine rings is 1. The van der Waals surface area contributed by atoms with Gasteiger partial charge in [-0.25, -0.2) is 14.6 Å². The standard InChI is InChI=1S/C13H9F2N3O2/c14-8-4-1-5-9(15)10(8)12(19)11-7(13(20)18-16)3-2-6-17-11/h1-6H,16H2,(H,18,20). The van der Waals surface area contributed by atoms with E-state index in [1.165, 1.54) is 18.3 Å². The molecule has 0 unspecified atom stereocenters. The van der Waals surface area contributed by atoms with Crippen molar-refractivity contribution < 1.29 is 18.4 Å². The number of amides is 1. The van der Waals surface area contributed by atoms with Crippen LogP contribution in [-0.4, -0.2) is 16.7 Å². The molecule has 0 saturated heterocycles. The molecule has 0 aliphatic carbocycles. The molecule has 0 spiro atoms. The first-order valence-electron chi connectivity index (χ1n) is 5.51. The molecule has 0 atom stereocenters. The Kier molecular flexibility index (Phi) is 3.81. The zero-order valence-electron chi connectivity index (χ0n) is 10.1. The molecule has 0 aliphatic rings. The van der Waals surface area contributed by atoms with Gasteiger partial charge in [0.15, 0.2) is 0 Å². The number of nitrogen functional groups attached to an aromatic ring is 1. The maximum absolute atomic E-state index is 13.6. The lowest BCUT2D eigenvalue weighted by Gasteiger charge is -2.07. The van der Waals surface area contributed by atoms with Crippen molar-refractivity contribution in [3.8, 4) is 0 Å². The van der Waals surface area contributed by atoms with E-state index in [0.717, 1.165) is 18.2 Å². The van der Waals surface area contributed by atoms with E-state index < -0.39 is 28.9 Å². The quantitative estimate of drug-likeness (QED) is 0.382. The van der Waals surface area contributed by atoms with Gasteiger partial charge in [-0.1, -0.05) is 6.07 Å². The van der Waals surface area contributed by atoms with E-state index in [4.69, 9.17) is 5.84 Å². The van der Waals surface area contributed by atoms with Crippen LogP contribution in [0.1, 0.15) is 26.4 Å². The predicted octanol–water partition coefficient (Wildman–Crippen LogP) is 1.19. The largest absolute Gasteiger partial charge is 0.290 e. The summed E-state index contributed by atoms with van der Waals surface area (Å²) in [5.41, 5.74) is 0.532. The highest BCUT2D eigenvalue weighted by molar-refractivity contribution is 6.14. The van der Waals surface area contributed by atoms with Crippen molar-refractivity contribution in [2.75, 3.05) is 0 Å². The molecule has 5 nitrogen and oxygen atoms in total. The normalized spacial score (nSPS) is 10.2. The molecule has 2 rings (SSSR count). The zero-order valence-corrected chi connectivity index (χ0v) is 10.1. The Morgan fingerprint density at radius 2 is 1.75 bits per heavy atom. The van der Waals surface area contributed by atoms with E-state index >= 15 is 0 Å². The fraction of sp³-hybridized carbons (Fsp3) is 0. The van der Waals surface area contributed by atoms with Crippen molar-refractivity contribution in [1.82, 2.24) is 10.4 Å². The topological polar surface area (TPSA) is 85.1 Å². The summed E-state index contributed by atoms with van der Waals surface area (Å²) in [6, 6.07) is 5.71. The van der Waals surface area contributed by atoms with Crippen molar-refractivity contribution in [1.29, 1.82) is 0 Å².